The first-order valence-electron chi connectivity index (χ1n) is 15.2. The first-order chi connectivity index (χ1) is 21.4. The van der Waals surface area contributed by atoms with Crippen molar-refractivity contribution in [1.82, 2.24) is 19.9 Å². The van der Waals surface area contributed by atoms with E-state index in [9.17, 15) is 4.79 Å². The zero-order valence-electron chi connectivity index (χ0n) is 25.5. The Morgan fingerprint density at radius 2 is 1.84 bits per heavy atom. The van der Waals surface area contributed by atoms with E-state index in [0.29, 0.717) is 42.2 Å². The number of benzene rings is 1. The van der Waals surface area contributed by atoms with Crippen LogP contribution in [0, 0.1) is 24.7 Å². The van der Waals surface area contributed by atoms with E-state index >= 15 is 0 Å². The van der Waals surface area contributed by atoms with E-state index < -0.39 is 0 Å². The smallest absolute Gasteiger partial charge is 0.229 e. The molecule has 1 saturated heterocycles. The highest BCUT2D eigenvalue weighted by molar-refractivity contribution is 5.99. The molecule has 228 valence electrons. The molecule has 1 aromatic carbocycles. The largest absolute Gasteiger partial charge is 0.497 e. The molecule has 0 unspecified atom stereocenters. The first kappa shape index (κ1) is 28.5. The van der Waals surface area contributed by atoms with Crippen LogP contribution in [0.2, 0.25) is 0 Å². The normalized spacial score (nSPS) is 22.7. The second-order valence-corrected chi connectivity index (χ2v) is 12.1. The van der Waals surface area contributed by atoms with Crippen molar-refractivity contribution in [2.24, 2.45) is 17.8 Å². The molecule has 1 amide bonds. The molecular weight excluding hydrogens is 556 g/mol. The highest BCUT2D eigenvalue weighted by atomic mass is 16.5. The molecule has 0 radical (unpaired) electrons. The van der Waals surface area contributed by atoms with Gasteiger partial charge in [0, 0.05) is 79.9 Å². The van der Waals surface area contributed by atoms with Gasteiger partial charge in [-0.2, -0.15) is 0 Å². The van der Waals surface area contributed by atoms with Crippen LogP contribution >= 0.6 is 0 Å². The number of amides is 1. The predicted molar refractivity (Wildman–Crippen MR) is 169 cm³/mol. The molecule has 2 aliphatic carbocycles. The second-order valence-electron chi connectivity index (χ2n) is 12.1. The van der Waals surface area contributed by atoms with Crippen molar-refractivity contribution in [3.63, 3.8) is 0 Å². The number of nitrogens with zero attached hydrogens (tertiary/aromatic N) is 4. The van der Waals surface area contributed by atoms with E-state index in [4.69, 9.17) is 19.2 Å². The zero-order chi connectivity index (χ0) is 30.4. The summed E-state index contributed by atoms with van der Waals surface area (Å²) >= 11 is 0. The van der Waals surface area contributed by atoms with Crippen molar-refractivity contribution in [1.29, 1.82) is 0 Å². The molecule has 0 bridgehead atoms. The van der Waals surface area contributed by atoms with Gasteiger partial charge in [-0.15, -0.1) is 0 Å². The molecule has 44 heavy (non-hydrogen) atoms. The molecule has 0 spiro atoms. The number of nitrogens with one attached hydrogen (secondary N) is 2. The Morgan fingerprint density at radius 1 is 1.02 bits per heavy atom. The van der Waals surface area contributed by atoms with Crippen molar-refractivity contribution in [2.75, 3.05) is 45.1 Å². The van der Waals surface area contributed by atoms with Crippen molar-refractivity contribution in [2.45, 2.75) is 38.5 Å². The SMILES string of the molecule is COc1ccc(CNc2nc(-c3cnccc3C)cc3cc(NC(=O)[C@@H]4[C@@H]5C[C@@H](N6CC(OC)C6)C[C@@H]54)ncc23)c(OC)c1. The van der Waals surface area contributed by atoms with Gasteiger partial charge in [-0.3, -0.25) is 14.7 Å². The minimum Gasteiger partial charge on any atom is -0.497 e. The first-order valence-corrected chi connectivity index (χ1v) is 15.2. The number of hydrogen-bond acceptors (Lipinski definition) is 9. The molecule has 4 aromatic rings. The number of ether oxygens (including phenoxy) is 3. The maximum absolute atomic E-state index is 13.3. The molecule has 10 nitrogen and oxygen atoms in total. The Labute approximate surface area is 257 Å². The summed E-state index contributed by atoms with van der Waals surface area (Å²) in [6.07, 6.45) is 7.95. The average Bonchev–Trinajstić information content (AvgIpc) is 3.53. The van der Waals surface area contributed by atoms with Crippen molar-refractivity contribution in [3.05, 3.63) is 66.1 Å². The van der Waals surface area contributed by atoms with Crippen LogP contribution in [0.1, 0.15) is 24.0 Å². The van der Waals surface area contributed by atoms with Crippen LogP contribution in [-0.2, 0) is 16.1 Å². The Hall–Kier alpha value is -4.28. The van der Waals surface area contributed by atoms with E-state index in [2.05, 4.69) is 25.5 Å². The lowest BCUT2D eigenvalue weighted by Crippen LogP contribution is -2.55. The lowest BCUT2D eigenvalue weighted by atomic mass is 10.0. The standard InChI is InChI=1S/C34H38N6O4/c1-19-7-8-35-15-27(19)29-9-21-10-31(39-34(41)32-25-11-22(12-26(25)32)40-17-24(18-40)43-3)36-16-28(21)33(38-29)37-14-20-5-6-23(42-2)13-30(20)44-4/h5-10,13,15-16,22,24-26,32H,11-12,14,17-18H2,1-4H3,(H,37,38)(H,36,39,41)/t22-,25-,26+,32-. The van der Waals surface area contributed by atoms with E-state index in [1.54, 1.807) is 33.7 Å². The lowest BCUT2D eigenvalue weighted by Gasteiger charge is -2.43. The summed E-state index contributed by atoms with van der Waals surface area (Å²) in [6, 6.07) is 12.3. The summed E-state index contributed by atoms with van der Waals surface area (Å²) in [6.45, 7) is 4.56. The number of hydrogen-bond donors (Lipinski definition) is 2. The summed E-state index contributed by atoms with van der Waals surface area (Å²) in [4.78, 5) is 29.8. The zero-order valence-corrected chi connectivity index (χ0v) is 25.5. The van der Waals surface area contributed by atoms with Gasteiger partial charge >= 0.3 is 0 Å². The fraction of sp³-hybridized carbons (Fsp3) is 0.412. The number of anilines is 2. The van der Waals surface area contributed by atoms with E-state index in [1.165, 1.54) is 0 Å². The second kappa shape index (κ2) is 11.7. The number of methoxy groups -OCH3 is 3. The van der Waals surface area contributed by atoms with Gasteiger partial charge in [-0.1, -0.05) is 0 Å². The van der Waals surface area contributed by atoms with Gasteiger partial charge < -0.3 is 24.8 Å². The molecule has 10 heteroatoms. The molecule has 2 saturated carbocycles. The highest BCUT2D eigenvalue weighted by Crippen LogP contribution is 2.59. The Bertz CT molecular complexity index is 1700. The number of fused-ring (bicyclic) bond motifs is 2. The predicted octanol–water partition coefficient (Wildman–Crippen LogP) is 4.92. The van der Waals surface area contributed by atoms with Gasteiger partial charge in [0.05, 0.1) is 26.0 Å². The lowest BCUT2D eigenvalue weighted by molar-refractivity contribution is -0.118. The third kappa shape index (κ3) is 5.33. The van der Waals surface area contributed by atoms with E-state index in [-0.39, 0.29) is 11.8 Å². The summed E-state index contributed by atoms with van der Waals surface area (Å²) in [5, 5.41) is 8.40. The number of carbonyl (C=O) groups excluding carboxylic acids is 1. The van der Waals surface area contributed by atoms with E-state index in [0.717, 1.165) is 70.6 Å². The van der Waals surface area contributed by atoms with Gasteiger partial charge in [-0.05, 0) is 72.9 Å². The van der Waals surface area contributed by atoms with Crippen LogP contribution in [0.3, 0.4) is 0 Å². The van der Waals surface area contributed by atoms with Gasteiger partial charge in [0.15, 0.2) is 0 Å². The number of pyridine rings is 3. The molecule has 4 heterocycles. The third-order valence-corrected chi connectivity index (χ3v) is 9.67. The number of aryl methyl sites for hydroxylation is 1. The Morgan fingerprint density at radius 3 is 2.57 bits per heavy atom. The topological polar surface area (TPSA) is 111 Å². The maximum Gasteiger partial charge on any atom is 0.229 e. The third-order valence-electron chi connectivity index (χ3n) is 9.67. The van der Waals surface area contributed by atoms with Gasteiger partial charge in [-0.25, -0.2) is 9.97 Å². The maximum atomic E-state index is 13.3. The van der Waals surface area contributed by atoms with Crippen molar-refractivity contribution >= 4 is 28.3 Å². The quantitative estimate of drug-likeness (QED) is 0.264. The fourth-order valence-electron chi connectivity index (χ4n) is 7.02. The van der Waals surface area contributed by atoms with Crippen LogP contribution in [0.5, 0.6) is 11.5 Å². The molecule has 3 fully saturated rings. The van der Waals surface area contributed by atoms with Crippen molar-refractivity contribution < 1.29 is 19.0 Å². The summed E-state index contributed by atoms with van der Waals surface area (Å²) in [7, 11) is 5.06. The molecular formula is C34H38N6O4. The van der Waals surface area contributed by atoms with Crippen molar-refractivity contribution in [3.8, 4) is 22.8 Å². The number of rotatable bonds is 10. The number of aromatic nitrogens is 3. The van der Waals surface area contributed by atoms with Gasteiger partial charge in [0.1, 0.15) is 23.1 Å². The highest BCUT2D eigenvalue weighted by Gasteiger charge is 2.60. The average molecular weight is 595 g/mol. The number of likely N-dealkylation sites (tertiary alicyclic amines) is 1. The minimum atomic E-state index is 0.0750. The van der Waals surface area contributed by atoms with E-state index in [1.807, 2.05) is 49.5 Å². The van der Waals surface area contributed by atoms with Crippen LogP contribution in [0.15, 0.2) is 55.0 Å². The molecule has 1 aliphatic heterocycles. The Balaban J connectivity index is 1.11. The fourth-order valence-corrected chi connectivity index (χ4v) is 7.02. The Kier molecular flexibility index (Phi) is 7.55. The summed E-state index contributed by atoms with van der Waals surface area (Å²) in [5.41, 5.74) is 3.78. The molecule has 7 rings (SSSR count). The van der Waals surface area contributed by atoms with Crippen LogP contribution in [-0.4, -0.2) is 72.3 Å². The van der Waals surface area contributed by atoms with Crippen LogP contribution in [0.4, 0.5) is 11.6 Å². The van der Waals surface area contributed by atoms with Crippen LogP contribution < -0.4 is 20.1 Å². The number of carbonyl (C=O) groups is 1. The van der Waals surface area contributed by atoms with Crippen LogP contribution in [0.25, 0.3) is 22.0 Å². The molecule has 4 atom stereocenters. The monoisotopic (exact) mass is 594 g/mol. The minimum absolute atomic E-state index is 0.0750. The molecule has 3 aliphatic rings. The summed E-state index contributed by atoms with van der Waals surface area (Å²) in [5.74, 6) is 3.79. The molecule has 3 aromatic heterocycles. The van der Waals surface area contributed by atoms with Gasteiger partial charge in [0.25, 0.3) is 0 Å². The summed E-state index contributed by atoms with van der Waals surface area (Å²) < 4.78 is 16.4. The molecule has 2 N–H and O–H groups in total. The van der Waals surface area contributed by atoms with Gasteiger partial charge in [0.2, 0.25) is 5.91 Å².